The summed E-state index contributed by atoms with van der Waals surface area (Å²) in [6.07, 6.45) is 7.61. The average Bonchev–Trinajstić information content (AvgIpc) is 2.67. The topological polar surface area (TPSA) is 72.3 Å². The molecule has 1 atom stereocenters. The van der Waals surface area contributed by atoms with Crippen molar-refractivity contribution in [2.24, 2.45) is 4.36 Å². The lowest BCUT2D eigenvalue weighted by Crippen LogP contribution is -2.04. The zero-order chi connectivity index (χ0) is 19.3. The van der Waals surface area contributed by atoms with Crippen molar-refractivity contribution in [3.8, 4) is 11.8 Å². The lowest BCUT2D eigenvalue weighted by atomic mass is 10.2. The van der Waals surface area contributed by atoms with Gasteiger partial charge in [0.05, 0.1) is 15.3 Å². The number of aromatic nitrogens is 2. The lowest BCUT2D eigenvalue weighted by molar-refractivity contribution is 0.100. The van der Waals surface area contributed by atoms with E-state index in [1.807, 2.05) is 6.07 Å². The van der Waals surface area contributed by atoms with Gasteiger partial charge < -0.3 is 0 Å². The number of halogens is 1. The standard InChI is InChI=1S/C20H14ClN3O2S/c1-27(26,19-6-2-5-18(21)11-19)24-20(25)17-10-16(13-23-14-17)8-7-15-4-3-9-22-12-15/h2-6,9-14H,1H3. The molecule has 2 heterocycles. The SMILES string of the molecule is CS(=O)(=NC(=O)c1cncc(C#Cc2cccnc2)c1)c1cccc(Cl)c1. The third-order valence-electron chi connectivity index (χ3n) is 3.49. The van der Waals surface area contributed by atoms with Crippen LogP contribution in [0, 0.1) is 11.8 Å². The second-order valence-corrected chi connectivity index (χ2v) is 8.31. The van der Waals surface area contributed by atoms with Crippen LogP contribution in [-0.2, 0) is 9.73 Å². The van der Waals surface area contributed by atoms with Crippen LogP contribution in [0.2, 0.25) is 5.02 Å². The highest BCUT2D eigenvalue weighted by molar-refractivity contribution is 7.93. The second-order valence-electron chi connectivity index (χ2n) is 5.61. The molecule has 7 heteroatoms. The normalized spacial score (nSPS) is 12.4. The van der Waals surface area contributed by atoms with Gasteiger partial charge in [0.2, 0.25) is 0 Å². The molecule has 1 aromatic carbocycles. The van der Waals surface area contributed by atoms with Gasteiger partial charge in [-0.2, -0.15) is 4.36 Å². The third-order valence-corrected chi connectivity index (χ3v) is 5.37. The van der Waals surface area contributed by atoms with Crippen molar-refractivity contribution in [1.82, 2.24) is 9.97 Å². The fraction of sp³-hybridized carbons (Fsp3) is 0.0500. The molecule has 0 fully saturated rings. The summed E-state index contributed by atoms with van der Waals surface area (Å²) >= 11 is 5.93. The van der Waals surface area contributed by atoms with E-state index < -0.39 is 15.6 Å². The smallest absolute Gasteiger partial charge is 0.266 e. The summed E-state index contributed by atoms with van der Waals surface area (Å²) in [4.78, 5) is 20.9. The number of benzene rings is 1. The van der Waals surface area contributed by atoms with Crippen molar-refractivity contribution in [3.05, 3.63) is 89.0 Å². The van der Waals surface area contributed by atoms with E-state index in [9.17, 15) is 9.00 Å². The quantitative estimate of drug-likeness (QED) is 0.618. The molecule has 0 bridgehead atoms. The van der Waals surface area contributed by atoms with E-state index in [0.717, 1.165) is 5.56 Å². The first kappa shape index (κ1) is 18.8. The number of rotatable bonds is 2. The molecule has 0 spiro atoms. The summed E-state index contributed by atoms with van der Waals surface area (Å²) in [6.45, 7) is 0. The van der Waals surface area contributed by atoms with E-state index in [4.69, 9.17) is 11.6 Å². The number of pyridine rings is 2. The van der Waals surface area contributed by atoms with Crippen LogP contribution in [0.15, 0.2) is 76.5 Å². The van der Waals surface area contributed by atoms with E-state index in [2.05, 4.69) is 26.2 Å². The Hall–Kier alpha value is -3.01. The fourth-order valence-corrected chi connectivity index (χ4v) is 3.63. The zero-order valence-corrected chi connectivity index (χ0v) is 15.9. The Morgan fingerprint density at radius 3 is 2.56 bits per heavy atom. The molecule has 0 aliphatic heterocycles. The van der Waals surface area contributed by atoms with Crippen molar-refractivity contribution in [3.63, 3.8) is 0 Å². The van der Waals surface area contributed by atoms with E-state index in [0.29, 0.717) is 15.5 Å². The summed E-state index contributed by atoms with van der Waals surface area (Å²) in [7, 11) is -2.93. The fourth-order valence-electron chi connectivity index (χ4n) is 2.17. The van der Waals surface area contributed by atoms with Gasteiger partial charge in [0, 0.05) is 52.1 Å². The van der Waals surface area contributed by atoms with Crippen molar-refractivity contribution in [2.75, 3.05) is 6.26 Å². The Balaban J connectivity index is 1.90. The second kappa shape index (κ2) is 8.12. The van der Waals surface area contributed by atoms with Gasteiger partial charge in [0.1, 0.15) is 0 Å². The first-order chi connectivity index (χ1) is 12.9. The maximum absolute atomic E-state index is 12.8. The molecule has 0 radical (unpaired) electrons. The first-order valence-electron chi connectivity index (χ1n) is 7.83. The Bertz CT molecular complexity index is 1170. The van der Waals surface area contributed by atoms with Gasteiger partial charge in [-0.3, -0.25) is 14.8 Å². The molecule has 5 nitrogen and oxygen atoms in total. The van der Waals surface area contributed by atoms with Crippen LogP contribution >= 0.6 is 11.6 Å². The van der Waals surface area contributed by atoms with Gasteiger partial charge in [0.15, 0.2) is 0 Å². The monoisotopic (exact) mass is 395 g/mol. The Morgan fingerprint density at radius 1 is 1.04 bits per heavy atom. The van der Waals surface area contributed by atoms with E-state index >= 15 is 0 Å². The van der Waals surface area contributed by atoms with Crippen LogP contribution in [0.4, 0.5) is 0 Å². The highest BCUT2D eigenvalue weighted by Gasteiger charge is 2.12. The summed E-state index contributed by atoms with van der Waals surface area (Å²) in [5.41, 5.74) is 1.51. The largest absolute Gasteiger partial charge is 0.286 e. The summed E-state index contributed by atoms with van der Waals surface area (Å²) < 4.78 is 16.7. The molecule has 27 heavy (non-hydrogen) atoms. The molecular formula is C20H14ClN3O2S. The van der Waals surface area contributed by atoms with Gasteiger partial charge in [-0.25, -0.2) is 4.21 Å². The van der Waals surface area contributed by atoms with Crippen molar-refractivity contribution < 1.29 is 9.00 Å². The molecule has 0 saturated carbocycles. The first-order valence-corrected chi connectivity index (χ1v) is 10.1. The minimum absolute atomic E-state index is 0.213. The summed E-state index contributed by atoms with van der Waals surface area (Å²) in [5.74, 6) is 5.24. The minimum atomic E-state index is -2.93. The predicted molar refractivity (Wildman–Crippen MR) is 105 cm³/mol. The van der Waals surface area contributed by atoms with E-state index in [1.54, 1.807) is 48.9 Å². The highest BCUT2D eigenvalue weighted by atomic mass is 35.5. The maximum atomic E-state index is 12.8. The maximum Gasteiger partial charge on any atom is 0.286 e. The summed E-state index contributed by atoms with van der Waals surface area (Å²) in [6, 6.07) is 11.7. The third kappa shape index (κ3) is 5.00. The zero-order valence-electron chi connectivity index (χ0n) is 14.3. The predicted octanol–water partition coefficient (Wildman–Crippen LogP) is 3.83. The van der Waals surface area contributed by atoms with Crippen molar-refractivity contribution in [1.29, 1.82) is 0 Å². The molecule has 0 aliphatic carbocycles. The molecule has 2 aromatic heterocycles. The van der Waals surface area contributed by atoms with Crippen molar-refractivity contribution in [2.45, 2.75) is 4.90 Å². The molecule has 134 valence electrons. The number of amides is 1. The minimum Gasteiger partial charge on any atom is -0.266 e. The molecule has 3 rings (SSSR count). The van der Waals surface area contributed by atoms with Gasteiger partial charge >= 0.3 is 0 Å². The molecule has 0 aliphatic rings. The molecule has 0 N–H and O–H groups in total. The molecule has 1 unspecified atom stereocenters. The molecular weight excluding hydrogens is 382 g/mol. The number of carbonyl (C=O) groups is 1. The number of hydrogen-bond donors (Lipinski definition) is 0. The van der Waals surface area contributed by atoms with Gasteiger partial charge in [-0.15, -0.1) is 0 Å². The number of nitrogens with zero attached hydrogens (tertiary/aromatic N) is 3. The summed E-state index contributed by atoms with van der Waals surface area (Å²) in [5, 5.41) is 0.430. The van der Waals surface area contributed by atoms with Gasteiger partial charge in [0.25, 0.3) is 5.91 Å². The number of hydrogen-bond acceptors (Lipinski definition) is 4. The highest BCUT2D eigenvalue weighted by Crippen LogP contribution is 2.18. The van der Waals surface area contributed by atoms with Crippen molar-refractivity contribution >= 4 is 27.2 Å². The molecule has 1 amide bonds. The van der Waals surface area contributed by atoms with E-state index in [1.165, 1.54) is 18.5 Å². The van der Waals surface area contributed by atoms with Crippen LogP contribution in [0.3, 0.4) is 0 Å². The Kier molecular flexibility index (Phi) is 5.65. The molecule has 3 aromatic rings. The van der Waals surface area contributed by atoms with Crippen LogP contribution in [-0.4, -0.2) is 26.3 Å². The lowest BCUT2D eigenvalue weighted by Gasteiger charge is -2.04. The van der Waals surface area contributed by atoms with Crippen LogP contribution in [0.25, 0.3) is 0 Å². The Morgan fingerprint density at radius 2 is 1.81 bits per heavy atom. The van der Waals surface area contributed by atoms with Gasteiger partial charge in [-0.05, 0) is 36.4 Å². The van der Waals surface area contributed by atoms with Crippen LogP contribution < -0.4 is 0 Å². The number of carbonyl (C=O) groups excluding carboxylic acids is 1. The molecule has 0 saturated heterocycles. The van der Waals surface area contributed by atoms with Gasteiger partial charge in [-0.1, -0.05) is 29.5 Å². The Labute approximate surface area is 162 Å². The van der Waals surface area contributed by atoms with E-state index in [-0.39, 0.29) is 5.56 Å². The average molecular weight is 396 g/mol. The van der Waals surface area contributed by atoms with Crippen LogP contribution in [0.5, 0.6) is 0 Å². The van der Waals surface area contributed by atoms with Crippen LogP contribution in [0.1, 0.15) is 21.5 Å².